The fourth-order valence-corrected chi connectivity index (χ4v) is 1.61. The van der Waals surface area contributed by atoms with Crippen LogP contribution in [0.5, 0.6) is 0 Å². The Morgan fingerprint density at radius 3 is 2.71 bits per heavy atom. The van der Waals surface area contributed by atoms with Crippen LogP contribution in [0.3, 0.4) is 0 Å². The molecule has 0 N–H and O–H groups in total. The third-order valence-electron chi connectivity index (χ3n) is 2.25. The summed E-state index contributed by atoms with van der Waals surface area (Å²) >= 11 is 0. The number of nitrogens with zero attached hydrogens (tertiary/aromatic N) is 1. The molecule has 14 heavy (non-hydrogen) atoms. The van der Waals surface area contributed by atoms with Gasteiger partial charge in [0.05, 0.1) is 0 Å². The SMILES string of the molecule is CC1(C)C=c2cc(F)cc(F)c2=NC1. The standard InChI is InChI=1S/C11H11F2N/c1-11(2)5-7-3-8(12)4-9(13)10(7)14-6-11/h3-5H,6H2,1-2H3. The minimum absolute atomic E-state index is 0.118. The zero-order valence-electron chi connectivity index (χ0n) is 8.14. The predicted molar refractivity (Wildman–Crippen MR) is 50.3 cm³/mol. The maximum absolute atomic E-state index is 13.2. The first-order valence-corrected chi connectivity index (χ1v) is 4.50. The molecule has 0 aliphatic carbocycles. The Balaban J connectivity index is 2.80. The van der Waals surface area contributed by atoms with E-state index in [-0.39, 0.29) is 10.8 Å². The number of benzene rings is 1. The fourth-order valence-electron chi connectivity index (χ4n) is 1.61. The Morgan fingerprint density at radius 1 is 1.29 bits per heavy atom. The van der Waals surface area contributed by atoms with Crippen molar-refractivity contribution in [2.75, 3.05) is 6.54 Å². The second-order valence-electron chi connectivity index (χ2n) is 4.27. The molecule has 0 saturated carbocycles. The van der Waals surface area contributed by atoms with Gasteiger partial charge in [0.25, 0.3) is 0 Å². The molecule has 2 rings (SSSR count). The van der Waals surface area contributed by atoms with Crippen LogP contribution in [0, 0.1) is 17.0 Å². The van der Waals surface area contributed by atoms with E-state index in [1.54, 1.807) is 0 Å². The largest absolute Gasteiger partial charge is 0.281 e. The van der Waals surface area contributed by atoms with Gasteiger partial charge < -0.3 is 0 Å². The van der Waals surface area contributed by atoms with E-state index in [9.17, 15) is 8.78 Å². The molecule has 1 aliphatic rings. The third kappa shape index (κ3) is 1.54. The van der Waals surface area contributed by atoms with Gasteiger partial charge in [0.15, 0.2) is 5.82 Å². The highest BCUT2D eigenvalue weighted by Crippen LogP contribution is 2.18. The van der Waals surface area contributed by atoms with Crippen molar-refractivity contribution in [3.8, 4) is 0 Å². The summed E-state index contributed by atoms with van der Waals surface area (Å²) in [4.78, 5) is 4.11. The molecule has 1 aromatic carbocycles. The summed E-state index contributed by atoms with van der Waals surface area (Å²) in [6.45, 7) is 4.52. The van der Waals surface area contributed by atoms with E-state index in [4.69, 9.17) is 0 Å². The zero-order chi connectivity index (χ0) is 10.3. The molecule has 1 nitrogen and oxygen atoms in total. The lowest BCUT2D eigenvalue weighted by Gasteiger charge is -2.20. The van der Waals surface area contributed by atoms with Gasteiger partial charge >= 0.3 is 0 Å². The number of halogens is 2. The second kappa shape index (κ2) is 2.87. The van der Waals surface area contributed by atoms with Crippen LogP contribution in [-0.4, -0.2) is 6.54 Å². The summed E-state index contributed by atoms with van der Waals surface area (Å²) in [6, 6.07) is 2.19. The van der Waals surface area contributed by atoms with Gasteiger partial charge in [-0.3, -0.25) is 4.99 Å². The molecule has 0 spiro atoms. The first kappa shape index (κ1) is 9.31. The molecule has 1 aliphatic heterocycles. The number of fused-ring (bicyclic) bond motifs is 1. The van der Waals surface area contributed by atoms with E-state index >= 15 is 0 Å². The van der Waals surface area contributed by atoms with Gasteiger partial charge in [-0.15, -0.1) is 0 Å². The van der Waals surface area contributed by atoms with Crippen LogP contribution < -0.4 is 10.6 Å². The zero-order valence-corrected chi connectivity index (χ0v) is 8.14. The maximum Gasteiger partial charge on any atom is 0.151 e. The van der Waals surface area contributed by atoms with Gasteiger partial charge in [-0.05, 0) is 6.07 Å². The average molecular weight is 195 g/mol. The summed E-state index contributed by atoms with van der Waals surface area (Å²) in [6.07, 6.45) is 1.86. The molecule has 0 amide bonds. The number of rotatable bonds is 0. The Hall–Kier alpha value is -1.25. The lowest BCUT2D eigenvalue weighted by Crippen LogP contribution is -2.37. The molecule has 3 heteroatoms. The smallest absolute Gasteiger partial charge is 0.151 e. The molecule has 0 saturated heterocycles. The highest BCUT2D eigenvalue weighted by molar-refractivity contribution is 5.33. The number of hydrogen-bond donors (Lipinski definition) is 0. The Kier molecular flexibility index (Phi) is 1.91. The van der Waals surface area contributed by atoms with Crippen molar-refractivity contribution in [3.63, 3.8) is 0 Å². The van der Waals surface area contributed by atoms with Crippen LogP contribution in [-0.2, 0) is 0 Å². The topological polar surface area (TPSA) is 12.4 Å². The molecular weight excluding hydrogens is 184 g/mol. The normalized spacial score (nSPS) is 18.0. The Morgan fingerprint density at radius 2 is 2.00 bits per heavy atom. The van der Waals surface area contributed by atoms with Gasteiger partial charge in [0.1, 0.15) is 11.2 Å². The average Bonchev–Trinajstić information content (AvgIpc) is 2.00. The molecule has 0 unspecified atom stereocenters. The van der Waals surface area contributed by atoms with Gasteiger partial charge in [-0.25, -0.2) is 8.78 Å². The molecule has 1 heterocycles. The fraction of sp³-hybridized carbons (Fsp3) is 0.364. The maximum atomic E-state index is 13.2. The van der Waals surface area contributed by atoms with Crippen molar-refractivity contribution in [2.45, 2.75) is 13.8 Å². The predicted octanol–water partition coefficient (Wildman–Crippen LogP) is 1.40. The molecule has 74 valence electrons. The molecular formula is C11H11F2N. The van der Waals surface area contributed by atoms with Crippen molar-refractivity contribution in [3.05, 3.63) is 34.3 Å². The molecule has 1 aromatic rings. The van der Waals surface area contributed by atoms with E-state index in [1.807, 2.05) is 19.9 Å². The van der Waals surface area contributed by atoms with Crippen LogP contribution in [0.2, 0.25) is 0 Å². The van der Waals surface area contributed by atoms with Crippen LogP contribution in [0.1, 0.15) is 13.8 Å². The van der Waals surface area contributed by atoms with Crippen LogP contribution in [0.25, 0.3) is 6.08 Å². The van der Waals surface area contributed by atoms with E-state index in [0.717, 1.165) is 6.07 Å². The van der Waals surface area contributed by atoms with E-state index in [0.29, 0.717) is 11.8 Å². The summed E-state index contributed by atoms with van der Waals surface area (Å²) in [7, 11) is 0. The van der Waals surface area contributed by atoms with E-state index in [2.05, 4.69) is 4.99 Å². The molecule has 0 radical (unpaired) electrons. The van der Waals surface area contributed by atoms with Crippen LogP contribution >= 0.6 is 0 Å². The minimum Gasteiger partial charge on any atom is -0.281 e. The first-order valence-electron chi connectivity index (χ1n) is 4.50. The van der Waals surface area contributed by atoms with E-state index < -0.39 is 11.6 Å². The molecule has 0 aromatic heterocycles. The van der Waals surface area contributed by atoms with Crippen LogP contribution in [0.15, 0.2) is 17.1 Å². The lowest BCUT2D eigenvalue weighted by atomic mass is 9.90. The third-order valence-corrected chi connectivity index (χ3v) is 2.25. The lowest BCUT2D eigenvalue weighted by molar-refractivity contribution is 0.502. The van der Waals surface area contributed by atoms with Crippen molar-refractivity contribution in [1.29, 1.82) is 0 Å². The van der Waals surface area contributed by atoms with Crippen molar-refractivity contribution < 1.29 is 8.78 Å². The molecule has 0 fully saturated rings. The summed E-state index contributed by atoms with van der Waals surface area (Å²) < 4.78 is 26.1. The summed E-state index contributed by atoms with van der Waals surface area (Å²) in [5, 5.41) is 0.837. The van der Waals surface area contributed by atoms with Crippen LogP contribution in [0.4, 0.5) is 8.78 Å². The first-order chi connectivity index (χ1) is 6.48. The highest BCUT2D eigenvalue weighted by Gasteiger charge is 2.17. The minimum atomic E-state index is -0.577. The van der Waals surface area contributed by atoms with Crippen molar-refractivity contribution in [2.24, 2.45) is 10.4 Å². The molecule has 0 bridgehead atoms. The molecule has 0 atom stereocenters. The number of hydrogen-bond acceptors (Lipinski definition) is 1. The van der Waals surface area contributed by atoms with Crippen molar-refractivity contribution in [1.82, 2.24) is 0 Å². The Labute approximate surface area is 80.8 Å². The van der Waals surface area contributed by atoms with Crippen molar-refractivity contribution >= 4 is 6.08 Å². The summed E-state index contributed by atoms with van der Waals surface area (Å²) in [5.74, 6) is -1.13. The highest BCUT2D eigenvalue weighted by atomic mass is 19.1. The quantitative estimate of drug-likeness (QED) is 0.593. The van der Waals surface area contributed by atoms with Gasteiger partial charge in [-0.2, -0.15) is 0 Å². The monoisotopic (exact) mass is 195 g/mol. The van der Waals surface area contributed by atoms with E-state index in [1.165, 1.54) is 6.07 Å². The second-order valence-corrected chi connectivity index (χ2v) is 4.27. The van der Waals surface area contributed by atoms with Gasteiger partial charge in [-0.1, -0.05) is 19.9 Å². The Bertz CT molecular complexity index is 489. The summed E-state index contributed by atoms with van der Waals surface area (Å²) in [5.41, 5.74) is -0.118. The van der Waals surface area contributed by atoms with Gasteiger partial charge in [0, 0.05) is 23.2 Å². The van der Waals surface area contributed by atoms with Gasteiger partial charge in [0.2, 0.25) is 0 Å².